The lowest BCUT2D eigenvalue weighted by molar-refractivity contribution is -0.108. The Bertz CT molecular complexity index is 729. The summed E-state index contributed by atoms with van der Waals surface area (Å²) in [7, 11) is 0. The number of amides is 1. The SMILES string of the molecule is Cc1ccc(CCC2CCc3ccc(F)cc3N2C=O)c(F)c1. The summed E-state index contributed by atoms with van der Waals surface area (Å²) in [5.74, 6) is -0.550. The molecule has 4 heteroatoms. The lowest BCUT2D eigenvalue weighted by Gasteiger charge is -2.34. The van der Waals surface area contributed by atoms with Crippen LogP contribution in [-0.2, 0) is 17.6 Å². The van der Waals surface area contributed by atoms with Crippen LogP contribution in [0.5, 0.6) is 0 Å². The van der Waals surface area contributed by atoms with Crippen molar-refractivity contribution in [3.05, 3.63) is 64.7 Å². The lowest BCUT2D eigenvalue weighted by Crippen LogP contribution is -2.38. The summed E-state index contributed by atoms with van der Waals surface area (Å²) >= 11 is 0. The summed E-state index contributed by atoms with van der Waals surface area (Å²) in [6.45, 7) is 1.85. The maximum absolute atomic E-state index is 13.9. The Morgan fingerprint density at radius 1 is 1.22 bits per heavy atom. The third-order valence-corrected chi connectivity index (χ3v) is 4.53. The van der Waals surface area contributed by atoms with Crippen LogP contribution in [0.3, 0.4) is 0 Å². The Kier molecular flexibility index (Phi) is 4.42. The highest BCUT2D eigenvalue weighted by Crippen LogP contribution is 2.32. The minimum absolute atomic E-state index is 0.0255. The van der Waals surface area contributed by atoms with Crippen LogP contribution < -0.4 is 4.90 Å². The quantitative estimate of drug-likeness (QED) is 0.775. The zero-order chi connectivity index (χ0) is 16.4. The first-order valence-corrected chi connectivity index (χ1v) is 7.85. The van der Waals surface area contributed by atoms with Crippen LogP contribution in [0.4, 0.5) is 14.5 Å². The molecule has 0 bridgehead atoms. The Balaban J connectivity index is 1.77. The van der Waals surface area contributed by atoms with Crippen molar-refractivity contribution in [2.75, 3.05) is 4.90 Å². The van der Waals surface area contributed by atoms with Crippen LogP contribution in [0.2, 0.25) is 0 Å². The average Bonchev–Trinajstić information content (AvgIpc) is 2.53. The minimum Gasteiger partial charge on any atom is -0.312 e. The van der Waals surface area contributed by atoms with Gasteiger partial charge < -0.3 is 4.90 Å². The third-order valence-electron chi connectivity index (χ3n) is 4.53. The van der Waals surface area contributed by atoms with Crippen LogP contribution in [-0.4, -0.2) is 12.5 Å². The fourth-order valence-corrected chi connectivity index (χ4v) is 3.25. The number of hydrogen-bond acceptors (Lipinski definition) is 1. The molecule has 2 nitrogen and oxygen atoms in total. The van der Waals surface area contributed by atoms with Crippen molar-refractivity contribution in [1.82, 2.24) is 0 Å². The van der Waals surface area contributed by atoms with E-state index in [0.29, 0.717) is 24.1 Å². The van der Waals surface area contributed by atoms with Gasteiger partial charge in [-0.3, -0.25) is 4.79 Å². The number of benzene rings is 2. The number of hydrogen-bond donors (Lipinski definition) is 0. The maximum atomic E-state index is 13.9. The summed E-state index contributed by atoms with van der Waals surface area (Å²) in [4.78, 5) is 13.1. The van der Waals surface area contributed by atoms with Crippen LogP contribution in [0.15, 0.2) is 36.4 Å². The number of nitrogens with zero attached hydrogens (tertiary/aromatic N) is 1. The molecule has 1 amide bonds. The maximum Gasteiger partial charge on any atom is 0.214 e. The molecule has 1 aliphatic heterocycles. The standard InChI is InChI=1S/C19H19F2NO/c1-13-2-3-14(18(21)10-13)5-8-17-9-6-15-4-7-16(20)11-19(15)22(17)12-23/h2-4,7,10-12,17H,5-6,8-9H2,1H3. The van der Waals surface area contributed by atoms with E-state index in [0.717, 1.165) is 30.4 Å². The first-order valence-electron chi connectivity index (χ1n) is 7.85. The van der Waals surface area contributed by atoms with Gasteiger partial charge in [0.15, 0.2) is 0 Å². The van der Waals surface area contributed by atoms with Gasteiger partial charge in [-0.15, -0.1) is 0 Å². The summed E-state index contributed by atoms with van der Waals surface area (Å²) in [6, 6.07) is 9.75. The van der Waals surface area contributed by atoms with E-state index in [1.54, 1.807) is 17.0 Å². The van der Waals surface area contributed by atoms with Crippen molar-refractivity contribution in [3.63, 3.8) is 0 Å². The molecule has 0 spiro atoms. The molecular weight excluding hydrogens is 296 g/mol. The molecule has 2 aromatic carbocycles. The van der Waals surface area contributed by atoms with Crippen LogP contribution in [0.25, 0.3) is 0 Å². The molecule has 0 aromatic heterocycles. The van der Waals surface area contributed by atoms with Crippen molar-refractivity contribution in [2.45, 2.75) is 38.6 Å². The first kappa shape index (κ1) is 15.7. The molecular formula is C19H19F2NO. The molecule has 0 aliphatic carbocycles. The monoisotopic (exact) mass is 315 g/mol. The van der Waals surface area contributed by atoms with Gasteiger partial charge >= 0.3 is 0 Å². The highest BCUT2D eigenvalue weighted by molar-refractivity contribution is 5.79. The molecule has 0 N–H and O–H groups in total. The largest absolute Gasteiger partial charge is 0.312 e. The Morgan fingerprint density at radius 2 is 2.04 bits per heavy atom. The summed E-state index contributed by atoms with van der Waals surface area (Å²) in [5, 5.41) is 0. The highest BCUT2D eigenvalue weighted by Gasteiger charge is 2.26. The predicted molar refractivity (Wildman–Crippen MR) is 86.5 cm³/mol. The molecule has 0 saturated carbocycles. The number of aryl methyl sites for hydroxylation is 3. The van der Waals surface area contributed by atoms with E-state index in [1.807, 2.05) is 13.0 Å². The molecule has 120 valence electrons. The van der Waals surface area contributed by atoms with E-state index >= 15 is 0 Å². The van der Waals surface area contributed by atoms with Gasteiger partial charge in [-0.05, 0) is 67.5 Å². The van der Waals surface area contributed by atoms with Crippen LogP contribution in [0, 0.1) is 18.6 Å². The van der Waals surface area contributed by atoms with Crippen molar-refractivity contribution in [2.24, 2.45) is 0 Å². The van der Waals surface area contributed by atoms with Crippen molar-refractivity contribution in [1.29, 1.82) is 0 Å². The van der Waals surface area contributed by atoms with Gasteiger partial charge in [0.05, 0.1) is 0 Å². The van der Waals surface area contributed by atoms with Gasteiger partial charge in [-0.25, -0.2) is 8.78 Å². The highest BCUT2D eigenvalue weighted by atomic mass is 19.1. The second-order valence-electron chi connectivity index (χ2n) is 6.11. The number of halogens is 2. The van der Waals surface area contributed by atoms with Crippen LogP contribution >= 0.6 is 0 Å². The fourth-order valence-electron chi connectivity index (χ4n) is 3.25. The Labute approximate surface area is 134 Å². The predicted octanol–water partition coefficient (Wildman–Crippen LogP) is 4.18. The van der Waals surface area contributed by atoms with Crippen molar-refractivity contribution >= 4 is 12.1 Å². The molecule has 23 heavy (non-hydrogen) atoms. The molecule has 1 aliphatic rings. The Morgan fingerprint density at radius 3 is 2.78 bits per heavy atom. The smallest absolute Gasteiger partial charge is 0.214 e. The normalized spacial score (nSPS) is 17.0. The summed E-state index contributed by atoms with van der Waals surface area (Å²) < 4.78 is 27.4. The van der Waals surface area contributed by atoms with Gasteiger partial charge in [-0.1, -0.05) is 18.2 Å². The topological polar surface area (TPSA) is 20.3 Å². The van der Waals surface area contributed by atoms with E-state index in [1.165, 1.54) is 18.2 Å². The van der Waals surface area contributed by atoms with Crippen molar-refractivity contribution < 1.29 is 13.6 Å². The van der Waals surface area contributed by atoms with E-state index in [-0.39, 0.29) is 17.7 Å². The van der Waals surface area contributed by atoms with E-state index in [4.69, 9.17) is 0 Å². The fraction of sp³-hybridized carbons (Fsp3) is 0.316. The molecule has 1 atom stereocenters. The second-order valence-corrected chi connectivity index (χ2v) is 6.11. The number of anilines is 1. The number of rotatable bonds is 4. The average molecular weight is 315 g/mol. The Hall–Kier alpha value is -2.23. The first-order chi connectivity index (χ1) is 11.1. The number of carbonyl (C=O) groups excluding carboxylic acids is 1. The lowest BCUT2D eigenvalue weighted by atomic mass is 9.92. The van der Waals surface area contributed by atoms with Crippen molar-refractivity contribution in [3.8, 4) is 0 Å². The van der Waals surface area contributed by atoms with Gasteiger partial charge in [0.2, 0.25) is 6.41 Å². The van der Waals surface area contributed by atoms with E-state index < -0.39 is 0 Å². The zero-order valence-corrected chi connectivity index (χ0v) is 13.1. The summed E-state index contributed by atoms with van der Waals surface area (Å²) in [5.41, 5.74) is 3.17. The van der Waals surface area contributed by atoms with Gasteiger partial charge in [0.25, 0.3) is 0 Å². The molecule has 1 unspecified atom stereocenters. The minimum atomic E-state index is -0.346. The van der Waals surface area contributed by atoms with Gasteiger partial charge in [-0.2, -0.15) is 0 Å². The number of fused-ring (bicyclic) bond motifs is 1. The molecule has 0 saturated heterocycles. The van der Waals surface area contributed by atoms with E-state index in [2.05, 4.69) is 0 Å². The van der Waals surface area contributed by atoms with Gasteiger partial charge in [0, 0.05) is 11.7 Å². The second kappa shape index (κ2) is 6.49. The van der Waals surface area contributed by atoms with Crippen LogP contribution in [0.1, 0.15) is 29.5 Å². The summed E-state index contributed by atoms with van der Waals surface area (Å²) in [6.07, 6.45) is 3.60. The number of carbonyl (C=O) groups is 1. The van der Waals surface area contributed by atoms with E-state index in [9.17, 15) is 13.6 Å². The molecule has 2 aromatic rings. The van der Waals surface area contributed by atoms with Gasteiger partial charge in [0.1, 0.15) is 11.6 Å². The molecule has 0 fully saturated rings. The molecule has 1 heterocycles. The third kappa shape index (κ3) is 3.26. The molecule has 0 radical (unpaired) electrons. The zero-order valence-electron chi connectivity index (χ0n) is 13.1. The molecule has 3 rings (SSSR count).